The Bertz CT molecular complexity index is 3590. The number of hydrogen-bond acceptors (Lipinski definition) is 3. The summed E-state index contributed by atoms with van der Waals surface area (Å²) in [4.78, 5) is 16.3. The smallest absolute Gasteiger partial charge is 0.164 e. The molecule has 3 nitrogen and oxygen atoms in total. The molecule has 2 aliphatic carbocycles. The highest BCUT2D eigenvalue weighted by Crippen LogP contribution is 2.64. The third-order valence-electron chi connectivity index (χ3n) is 13.7. The third-order valence-corrected chi connectivity index (χ3v) is 13.7. The fourth-order valence-corrected chi connectivity index (χ4v) is 10.9. The molecule has 11 aromatic rings. The Morgan fingerprint density at radius 1 is 0.209 bits per heavy atom. The zero-order valence-electron chi connectivity index (χ0n) is 36.5. The van der Waals surface area contributed by atoms with Crippen molar-refractivity contribution in [3.8, 4) is 101 Å². The predicted molar refractivity (Wildman–Crippen MR) is 274 cm³/mol. The molecular formula is C64H41N3. The lowest BCUT2D eigenvalue weighted by molar-refractivity contribution is 0.794. The largest absolute Gasteiger partial charge is 0.208 e. The van der Waals surface area contributed by atoms with Gasteiger partial charge in [-0.05, 0) is 113 Å². The van der Waals surface area contributed by atoms with E-state index in [1.807, 2.05) is 0 Å². The van der Waals surface area contributed by atoms with Crippen LogP contribution in [0.5, 0.6) is 0 Å². The van der Waals surface area contributed by atoms with Gasteiger partial charge in [0.15, 0.2) is 17.5 Å². The molecule has 0 bridgehead atoms. The minimum Gasteiger partial charge on any atom is -0.208 e. The van der Waals surface area contributed by atoms with Crippen LogP contribution in [0.1, 0.15) is 22.3 Å². The summed E-state index contributed by atoms with van der Waals surface area (Å²) in [6.45, 7) is 0. The van der Waals surface area contributed by atoms with Gasteiger partial charge in [0.25, 0.3) is 0 Å². The highest BCUT2D eigenvalue weighted by atomic mass is 15.0. The summed E-state index contributed by atoms with van der Waals surface area (Å²) in [6, 6.07) is 89.3. The Kier molecular flexibility index (Phi) is 9.07. The average Bonchev–Trinajstić information content (AvgIpc) is 3.89. The maximum Gasteiger partial charge on any atom is 0.164 e. The van der Waals surface area contributed by atoms with Crippen LogP contribution in [0.4, 0.5) is 0 Å². The molecule has 10 aromatic carbocycles. The van der Waals surface area contributed by atoms with Crippen LogP contribution in [0.2, 0.25) is 0 Å². The highest BCUT2D eigenvalue weighted by Gasteiger charge is 2.52. The van der Waals surface area contributed by atoms with Gasteiger partial charge < -0.3 is 0 Å². The van der Waals surface area contributed by atoms with E-state index in [0.29, 0.717) is 17.5 Å². The number of nitrogens with zero attached hydrogens (tertiary/aromatic N) is 3. The van der Waals surface area contributed by atoms with Crippen molar-refractivity contribution in [1.82, 2.24) is 15.0 Å². The Morgan fingerprint density at radius 2 is 0.567 bits per heavy atom. The quantitative estimate of drug-likeness (QED) is 0.160. The van der Waals surface area contributed by atoms with Crippen molar-refractivity contribution in [2.75, 3.05) is 0 Å². The third kappa shape index (κ3) is 6.24. The zero-order valence-corrected chi connectivity index (χ0v) is 36.5. The van der Waals surface area contributed by atoms with Gasteiger partial charge in [0.2, 0.25) is 0 Å². The minimum atomic E-state index is -0.457. The van der Waals surface area contributed by atoms with Crippen LogP contribution in [0.25, 0.3) is 101 Å². The topological polar surface area (TPSA) is 38.7 Å². The van der Waals surface area contributed by atoms with Crippen molar-refractivity contribution in [2.24, 2.45) is 0 Å². The molecule has 312 valence electrons. The van der Waals surface area contributed by atoms with Crippen molar-refractivity contribution >= 4 is 0 Å². The van der Waals surface area contributed by atoms with Crippen LogP contribution in [0.15, 0.2) is 249 Å². The van der Waals surface area contributed by atoms with Gasteiger partial charge in [-0.2, -0.15) is 0 Å². The fourth-order valence-electron chi connectivity index (χ4n) is 10.9. The monoisotopic (exact) mass is 851 g/mol. The van der Waals surface area contributed by atoms with Crippen LogP contribution in [-0.4, -0.2) is 15.0 Å². The van der Waals surface area contributed by atoms with Gasteiger partial charge in [-0.1, -0.05) is 224 Å². The second-order valence-corrected chi connectivity index (χ2v) is 17.4. The van der Waals surface area contributed by atoms with E-state index in [-0.39, 0.29) is 0 Å². The van der Waals surface area contributed by atoms with E-state index in [2.05, 4.69) is 249 Å². The van der Waals surface area contributed by atoms with E-state index < -0.39 is 5.41 Å². The Labute approximate surface area is 390 Å². The van der Waals surface area contributed by atoms with E-state index in [1.165, 1.54) is 44.5 Å². The maximum absolute atomic E-state index is 5.48. The molecule has 0 saturated heterocycles. The maximum atomic E-state index is 5.48. The predicted octanol–water partition coefficient (Wildman–Crippen LogP) is 15.9. The van der Waals surface area contributed by atoms with Crippen molar-refractivity contribution in [3.05, 3.63) is 271 Å². The lowest BCUT2D eigenvalue weighted by atomic mass is 9.70. The number of fused-ring (bicyclic) bond motifs is 10. The van der Waals surface area contributed by atoms with Gasteiger partial charge in [-0.3, -0.25) is 0 Å². The average molecular weight is 852 g/mol. The van der Waals surface area contributed by atoms with Gasteiger partial charge in [0, 0.05) is 16.7 Å². The van der Waals surface area contributed by atoms with Gasteiger partial charge in [0.05, 0.1) is 5.41 Å². The van der Waals surface area contributed by atoms with Crippen LogP contribution >= 0.6 is 0 Å². The molecule has 0 amide bonds. The first kappa shape index (κ1) is 38.6. The number of benzene rings is 10. The lowest BCUT2D eigenvalue weighted by Gasteiger charge is -2.30. The SMILES string of the molecule is c1ccc(-c2cccc(-c3nc(-c4cc(-c5ccccc5)cc(-c5ccccc5)c4)nc(-c4ccccc4-c4cccc5c4-c4ccccc4C54c5ccccc5-c5ccccc54)n3)c2)cc1. The summed E-state index contributed by atoms with van der Waals surface area (Å²) in [5.74, 6) is 1.83. The summed E-state index contributed by atoms with van der Waals surface area (Å²) >= 11 is 0. The lowest BCUT2D eigenvalue weighted by Crippen LogP contribution is -2.25. The summed E-state index contributed by atoms with van der Waals surface area (Å²) < 4.78 is 0. The molecule has 1 heterocycles. The molecule has 0 saturated carbocycles. The molecule has 13 rings (SSSR count). The molecule has 0 aliphatic heterocycles. The molecular weight excluding hydrogens is 811 g/mol. The van der Waals surface area contributed by atoms with Crippen molar-refractivity contribution in [2.45, 2.75) is 5.41 Å². The van der Waals surface area contributed by atoms with E-state index in [9.17, 15) is 0 Å². The normalized spacial score (nSPS) is 12.6. The second kappa shape index (κ2) is 15.7. The molecule has 67 heavy (non-hydrogen) atoms. The van der Waals surface area contributed by atoms with Gasteiger partial charge >= 0.3 is 0 Å². The Hall–Kier alpha value is -8.79. The molecule has 2 aliphatic rings. The molecule has 0 fully saturated rings. The molecule has 3 heteroatoms. The van der Waals surface area contributed by atoms with Crippen LogP contribution < -0.4 is 0 Å². The first-order chi connectivity index (χ1) is 33.2. The zero-order chi connectivity index (χ0) is 44.3. The second-order valence-electron chi connectivity index (χ2n) is 17.4. The summed E-state index contributed by atoms with van der Waals surface area (Å²) in [7, 11) is 0. The van der Waals surface area contributed by atoms with Gasteiger partial charge in [0.1, 0.15) is 0 Å². The van der Waals surface area contributed by atoms with Gasteiger partial charge in [-0.15, -0.1) is 0 Å². The Morgan fingerprint density at radius 3 is 1.16 bits per heavy atom. The highest BCUT2D eigenvalue weighted by molar-refractivity contribution is 6.01. The first-order valence-electron chi connectivity index (χ1n) is 22.9. The van der Waals surface area contributed by atoms with Gasteiger partial charge in [-0.25, -0.2) is 15.0 Å². The first-order valence-corrected chi connectivity index (χ1v) is 22.9. The standard InChI is InChI=1S/C64H41N3/c1-4-20-42(21-5-1)45-26-18-27-46(38-45)61-65-62(49-40-47(43-22-6-2-7-23-43)39-48(41-49)44-24-8-3-9-25-44)67-63(66-61)54-31-11-10-28-50(54)53-33-19-37-59-60(53)55-32-14-17-36-58(55)64(59)56-34-15-12-29-51(56)52-30-13-16-35-57(52)64/h1-41H. The molecule has 0 radical (unpaired) electrons. The number of rotatable bonds is 7. The molecule has 0 unspecified atom stereocenters. The van der Waals surface area contributed by atoms with Crippen molar-refractivity contribution in [1.29, 1.82) is 0 Å². The van der Waals surface area contributed by atoms with E-state index in [0.717, 1.165) is 61.2 Å². The van der Waals surface area contributed by atoms with E-state index in [1.54, 1.807) is 0 Å². The van der Waals surface area contributed by atoms with E-state index in [4.69, 9.17) is 15.0 Å². The van der Waals surface area contributed by atoms with Crippen LogP contribution in [0, 0.1) is 0 Å². The molecule has 1 aromatic heterocycles. The molecule has 1 spiro atoms. The van der Waals surface area contributed by atoms with Crippen molar-refractivity contribution < 1.29 is 0 Å². The fraction of sp³-hybridized carbons (Fsp3) is 0.0156. The Balaban J connectivity index is 1.05. The number of hydrogen-bond donors (Lipinski definition) is 0. The molecule has 0 atom stereocenters. The number of aromatic nitrogens is 3. The van der Waals surface area contributed by atoms with Crippen molar-refractivity contribution in [3.63, 3.8) is 0 Å². The summed E-state index contributed by atoms with van der Waals surface area (Å²) in [5.41, 5.74) is 21.5. The summed E-state index contributed by atoms with van der Waals surface area (Å²) in [5, 5.41) is 0. The minimum absolute atomic E-state index is 0.457. The summed E-state index contributed by atoms with van der Waals surface area (Å²) in [6.07, 6.45) is 0. The van der Waals surface area contributed by atoms with Crippen LogP contribution in [-0.2, 0) is 5.41 Å². The molecule has 0 N–H and O–H groups in total. The van der Waals surface area contributed by atoms with E-state index >= 15 is 0 Å². The van der Waals surface area contributed by atoms with Crippen LogP contribution in [0.3, 0.4) is 0 Å².